The maximum atomic E-state index is 12.9. The molecule has 0 radical (unpaired) electrons. The Kier molecular flexibility index (Phi) is 7.45. The largest absolute Gasteiger partial charge is 0.497 e. The third-order valence-corrected chi connectivity index (χ3v) is 5.46. The lowest BCUT2D eigenvalue weighted by atomic mass is 10.0. The van der Waals surface area contributed by atoms with Crippen molar-refractivity contribution >= 4 is 28.9 Å². The van der Waals surface area contributed by atoms with Crippen molar-refractivity contribution in [3.8, 4) is 23.0 Å². The molecule has 4 aromatic rings. The molecule has 1 amide bonds. The van der Waals surface area contributed by atoms with Crippen molar-refractivity contribution in [3.63, 3.8) is 0 Å². The number of hydrogen-bond donors (Lipinski definition) is 1. The van der Waals surface area contributed by atoms with E-state index in [0.717, 1.165) is 10.8 Å². The van der Waals surface area contributed by atoms with Crippen LogP contribution in [-0.4, -0.2) is 39.4 Å². The number of nitrogens with one attached hydrogen (secondary N) is 1. The van der Waals surface area contributed by atoms with Gasteiger partial charge >= 0.3 is 5.97 Å². The highest BCUT2D eigenvalue weighted by atomic mass is 16.5. The minimum absolute atomic E-state index is 0.288. The number of fused-ring (bicyclic) bond motifs is 1. The standard InChI is InChI=1S/C28H24N2O6/c1-33-21-12-8-19(9-13-21)27(31)30-29-17-23-22-7-5-4-6-18(22)10-14-24(23)36-28(32)20-11-15-25(34-2)26(16-20)35-3/h4-17H,1-3H3,(H,30,31)/b29-17+. The van der Waals surface area contributed by atoms with Gasteiger partial charge in [-0.1, -0.05) is 30.3 Å². The molecular formula is C28H24N2O6. The Labute approximate surface area is 208 Å². The molecule has 0 heterocycles. The number of methoxy groups -OCH3 is 3. The van der Waals surface area contributed by atoms with Crippen molar-refractivity contribution in [3.05, 3.63) is 95.6 Å². The predicted molar refractivity (Wildman–Crippen MR) is 137 cm³/mol. The molecule has 0 aliphatic rings. The number of esters is 1. The summed E-state index contributed by atoms with van der Waals surface area (Å²) in [6, 6.07) is 22.6. The van der Waals surface area contributed by atoms with Crippen molar-refractivity contribution in [2.75, 3.05) is 21.3 Å². The van der Waals surface area contributed by atoms with E-state index < -0.39 is 11.9 Å². The third kappa shape index (κ3) is 5.28. The Balaban J connectivity index is 1.60. The Bertz CT molecular complexity index is 1430. The van der Waals surface area contributed by atoms with Gasteiger partial charge in [0.2, 0.25) is 0 Å². The fraction of sp³-hybridized carbons (Fsp3) is 0.107. The smallest absolute Gasteiger partial charge is 0.343 e. The van der Waals surface area contributed by atoms with E-state index in [1.165, 1.54) is 20.4 Å². The molecule has 8 heteroatoms. The Morgan fingerprint density at radius 3 is 2.17 bits per heavy atom. The number of amides is 1. The second-order valence-electron chi connectivity index (χ2n) is 7.59. The highest BCUT2D eigenvalue weighted by Gasteiger charge is 2.16. The van der Waals surface area contributed by atoms with Gasteiger partial charge in [0.05, 0.1) is 33.1 Å². The molecule has 0 saturated carbocycles. The zero-order valence-corrected chi connectivity index (χ0v) is 20.0. The second kappa shape index (κ2) is 11.1. The third-order valence-electron chi connectivity index (χ3n) is 5.46. The molecule has 0 aliphatic heterocycles. The number of hydrazone groups is 1. The van der Waals surface area contributed by atoms with Crippen LogP contribution in [0.1, 0.15) is 26.3 Å². The van der Waals surface area contributed by atoms with E-state index in [-0.39, 0.29) is 11.3 Å². The van der Waals surface area contributed by atoms with Gasteiger partial charge in [-0.2, -0.15) is 5.10 Å². The molecule has 182 valence electrons. The molecule has 0 atom stereocenters. The molecule has 0 aliphatic carbocycles. The summed E-state index contributed by atoms with van der Waals surface area (Å²) in [7, 11) is 4.56. The van der Waals surface area contributed by atoms with E-state index in [1.54, 1.807) is 55.6 Å². The van der Waals surface area contributed by atoms with E-state index in [4.69, 9.17) is 18.9 Å². The van der Waals surface area contributed by atoms with E-state index in [9.17, 15) is 9.59 Å². The minimum atomic E-state index is -0.580. The van der Waals surface area contributed by atoms with Gasteiger partial charge < -0.3 is 18.9 Å². The van der Waals surface area contributed by atoms with Crippen molar-refractivity contribution in [1.82, 2.24) is 5.43 Å². The Morgan fingerprint density at radius 2 is 1.44 bits per heavy atom. The number of nitrogens with zero attached hydrogens (tertiary/aromatic N) is 1. The zero-order valence-electron chi connectivity index (χ0n) is 20.0. The van der Waals surface area contributed by atoms with Gasteiger partial charge in [-0.15, -0.1) is 0 Å². The van der Waals surface area contributed by atoms with E-state index in [0.29, 0.717) is 28.4 Å². The molecule has 0 unspecified atom stereocenters. The van der Waals surface area contributed by atoms with Gasteiger partial charge in [-0.05, 0) is 59.3 Å². The zero-order chi connectivity index (χ0) is 25.5. The van der Waals surface area contributed by atoms with Crippen LogP contribution >= 0.6 is 0 Å². The van der Waals surface area contributed by atoms with Crippen LogP contribution in [0.25, 0.3) is 10.8 Å². The molecular weight excluding hydrogens is 460 g/mol. The number of benzene rings is 4. The lowest BCUT2D eigenvalue weighted by Crippen LogP contribution is -2.17. The van der Waals surface area contributed by atoms with Gasteiger partial charge in [-0.3, -0.25) is 4.79 Å². The highest BCUT2D eigenvalue weighted by molar-refractivity contribution is 6.04. The van der Waals surface area contributed by atoms with Crippen molar-refractivity contribution in [2.24, 2.45) is 5.10 Å². The topological polar surface area (TPSA) is 95.5 Å². The fourth-order valence-corrected chi connectivity index (χ4v) is 3.58. The first kappa shape index (κ1) is 24.3. The Hall–Kier alpha value is -4.85. The lowest BCUT2D eigenvalue weighted by molar-refractivity contribution is 0.0734. The molecule has 1 N–H and O–H groups in total. The summed E-state index contributed by atoms with van der Waals surface area (Å²) in [5.41, 5.74) is 3.76. The van der Waals surface area contributed by atoms with Crippen LogP contribution in [0.4, 0.5) is 0 Å². The number of carbonyl (C=O) groups is 2. The van der Waals surface area contributed by atoms with Crippen LogP contribution in [0, 0.1) is 0 Å². The summed E-state index contributed by atoms with van der Waals surface area (Å²) in [4.78, 5) is 25.4. The quantitative estimate of drug-likeness (QED) is 0.166. The summed E-state index contributed by atoms with van der Waals surface area (Å²) in [6.45, 7) is 0. The van der Waals surface area contributed by atoms with Gasteiger partial charge in [0, 0.05) is 11.1 Å². The van der Waals surface area contributed by atoms with Gasteiger partial charge in [0.1, 0.15) is 11.5 Å². The summed E-state index contributed by atoms with van der Waals surface area (Å²) >= 11 is 0. The van der Waals surface area contributed by atoms with Crippen LogP contribution in [0.15, 0.2) is 84.0 Å². The summed E-state index contributed by atoms with van der Waals surface area (Å²) in [6.07, 6.45) is 1.46. The van der Waals surface area contributed by atoms with Crippen LogP contribution in [-0.2, 0) is 0 Å². The molecule has 4 rings (SSSR count). The molecule has 0 aromatic heterocycles. The average Bonchev–Trinajstić information content (AvgIpc) is 2.93. The van der Waals surface area contributed by atoms with Crippen LogP contribution in [0.5, 0.6) is 23.0 Å². The first-order valence-electron chi connectivity index (χ1n) is 11.0. The Morgan fingerprint density at radius 1 is 0.750 bits per heavy atom. The normalized spacial score (nSPS) is 10.8. The molecule has 36 heavy (non-hydrogen) atoms. The van der Waals surface area contributed by atoms with Crippen LogP contribution < -0.4 is 24.4 Å². The van der Waals surface area contributed by atoms with Crippen molar-refractivity contribution < 1.29 is 28.5 Å². The molecule has 0 spiro atoms. The molecule has 0 bridgehead atoms. The maximum absolute atomic E-state index is 12.9. The summed E-state index contributed by atoms with van der Waals surface area (Å²) < 4.78 is 21.4. The average molecular weight is 485 g/mol. The van der Waals surface area contributed by atoms with Gasteiger partial charge in [0.15, 0.2) is 11.5 Å². The number of rotatable bonds is 8. The summed E-state index contributed by atoms with van der Waals surface area (Å²) in [5.74, 6) is 0.873. The first-order chi connectivity index (χ1) is 17.5. The molecule has 8 nitrogen and oxygen atoms in total. The van der Waals surface area contributed by atoms with Gasteiger partial charge in [0.25, 0.3) is 5.91 Å². The van der Waals surface area contributed by atoms with Crippen molar-refractivity contribution in [1.29, 1.82) is 0 Å². The SMILES string of the molecule is COc1ccc(C(=O)N/N=C/c2c(OC(=O)c3ccc(OC)c(OC)c3)ccc3ccccc23)cc1. The van der Waals surface area contributed by atoms with Gasteiger partial charge in [-0.25, -0.2) is 10.2 Å². The second-order valence-corrected chi connectivity index (χ2v) is 7.59. The number of carbonyl (C=O) groups excluding carboxylic acids is 2. The van der Waals surface area contributed by atoms with E-state index in [1.807, 2.05) is 30.3 Å². The fourth-order valence-electron chi connectivity index (χ4n) is 3.58. The maximum Gasteiger partial charge on any atom is 0.343 e. The first-order valence-corrected chi connectivity index (χ1v) is 11.0. The van der Waals surface area contributed by atoms with E-state index in [2.05, 4.69) is 10.5 Å². The van der Waals surface area contributed by atoms with Crippen LogP contribution in [0.2, 0.25) is 0 Å². The van der Waals surface area contributed by atoms with Crippen LogP contribution in [0.3, 0.4) is 0 Å². The summed E-state index contributed by atoms with van der Waals surface area (Å²) in [5, 5.41) is 5.84. The number of hydrogen-bond acceptors (Lipinski definition) is 7. The highest BCUT2D eigenvalue weighted by Crippen LogP contribution is 2.30. The van der Waals surface area contributed by atoms with E-state index >= 15 is 0 Å². The predicted octanol–water partition coefficient (Wildman–Crippen LogP) is 4.85. The number of ether oxygens (including phenoxy) is 4. The molecule has 0 fully saturated rings. The lowest BCUT2D eigenvalue weighted by Gasteiger charge is -2.12. The monoisotopic (exact) mass is 484 g/mol. The molecule has 4 aromatic carbocycles. The minimum Gasteiger partial charge on any atom is -0.497 e. The van der Waals surface area contributed by atoms with Crippen molar-refractivity contribution in [2.45, 2.75) is 0 Å². The molecule has 0 saturated heterocycles.